The number of nitrogens with two attached hydrogens (primary N) is 3. The molecule has 0 aliphatic heterocycles. The second kappa shape index (κ2) is 10.3. The highest BCUT2D eigenvalue weighted by Gasteiger charge is 2.34. The zero-order chi connectivity index (χ0) is 22.4. The van der Waals surface area contributed by atoms with Gasteiger partial charge in [-0.25, -0.2) is 5.84 Å². The Kier molecular flexibility index (Phi) is 7.48. The summed E-state index contributed by atoms with van der Waals surface area (Å²) in [6.07, 6.45) is 5.54. The number of hydrogen-bond donors (Lipinski definition) is 6. The zero-order valence-electron chi connectivity index (χ0n) is 17.8. The smallest absolute Gasteiger partial charge is 0.252 e. The van der Waals surface area contributed by atoms with Crippen LogP contribution in [0.15, 0.2) is 35.6 Å². The van der Waals surface area contributed by atoms with Crippen molar-refractivity contribution in [3.05, 3.63) is 36.0 Å². The van der Waals surface area contributed by atoms with Crippen LogP contribution in [0.25, 0.3) is 10.9 Å². The van der Waals surface area contributed by atoms with E-state index in [9.17, 15) is 9.59 Å². The minimum absolute atomic E-state index is 0.0791. The molecule has 3 unspecified atom stereocenters. The van der Waals surface area contributed by atoms with Crippen LogP contribution >= 0.6 is 0 Å². The van der Waals surface area contributed by atoms with E-state index in [0.29, 0.717) is 30.8 Å². The van der Waals surface area contributed by atoms with Crippen molar-refractivity contribution in [3.8, 4) is 0 Å². The van der Waals surface area contributed by atoms with Gasteiger partial charge >= 0.3 is 0 Å². The highest BCUT2D eigenvalue weighted by Crippen LogP contribution is 2.26. The Hall–Kier alpha value is -3.11. The quantitative estimate of drug-likeness (QED) is 0.150. The number of amides is 2. The molecular formula is C21H32N8O2. The molecule has 1 fully saturated rings. The fraction of sp³-hybridized carbons (Fsp3) is 0.476. The fourth-order valence-electron chi connectivity index (χ4n) is 4.22. The minimum atomic E-state index is -0.689. The van der Waals surface area contributed by atoms with Crippen molar-refractivity contribution in [3.63, 3.8) is 0 Å². The van der Waals surface area contributed by atoms with Gasteiger partial charge in [0, 0.05) is 36.3 Å². The minimum Gasteiger partial charge on any atom is -0.351 e. The first-order chi connectivity index (χ1) is 15.0. The Morgan fingerprint density at radius 1 is 1.29 bits per heavy atom. The summed E-state index contributed by atoms with van der Waals surface area (Å²) in [6, 6.07) is 6.64. The van der Waals surface area contributed by atoms with Crippen LogP contribution < -0.4 is 33.5 Å². The van der Waals surface area contributed by atoms with Crippen LogP contribution in [0.4, 0.5) is 0 Å². The lowest BCUT2D eigenvalue weighted by Crippen LogP contribution is -2.52. The highest BCUT2D eigenvalue weighted by molar-refractivity contribution is 6.00. The second-order valence-corrected chi connectivity index (χ2v) is 7.97. The highest BCUT2D eigenvalue weighted by atomic mass is 16.2. The SMILES string of the molecule is Cn1ccc2ccc(C(=O)NC(CCCN)C(=O)NC3CCCC3/C(=N/N)NN)cc21. The Morgan fingerprint density at radius 3 is 2.81 bits per heavy atom. The van der Waals surface area contributed by atoms with Gasteiger partial charge in [0.15, 0.2) is 0 Å². The lowest BCUT2D eigenvalue weighted by molar-refractivity contribution is -0.124. The first kappa shape index (κ1) is 22.6. The third-order valence-corrected chi connectivity index (χ3v) is 5.95. The Labute approximate surface area is 181 Å². The maximum absolute atomic E-state index is 13.0. The van der Waals surface area contributed by atoms with Crippen molar-refractivity contribution >= 4 is 28.6 Å². The van der Waals surface area contributed by atoms with E-state index in [1.165, 1.54) is 0 Å². The molecule has 0 saturated heterocycles. The lowest BCUT2D eigenvalue weighted by Gasteiger charge is -2.25. The van der Waals surface area contributed by atoms with E-state index in [-0.39, 0.29) is 23.8 Å². The van der Waals surface area contributed by atoms with Crippen molar-refractivity contribution in [2.24, 2.45) is 35.5 Å². The number of carbonyl (C=O) groups is 2. The summed E-state index contributed by atoms with van der Waals surface area (Å²) in [5, 5.41) is 10.7. The van der Waals surface area contributed by atoms with E-state index in [1.54, 1.807) is 6.07 Å². The van der Waals surface area contributed by atoms with Crippen molar-refractivity contribution in [2.45, 2.75) is 44.2 Å². The van der Waals surface area contributed by atoms with Crippen LogP contribution in [0.3, 0.4) is 0 Å². The first-order valence-electron chi connectivity index (χ1n) is 10.6. The number of benzene rings is 1. The van der Waals surface area contributed by atoms with Crippen molar-refractivity contribution in [1.82, 2.24) is 20.6 Å². The van der Waals surface area contributed by atoms with Crippen molar-refractivity contribution < 1.29 is 9.59 Å². The van der Waals surface area contributed by atoms with E-state index in [2.05, 4.69) is 21.2 Å². The molecular weight excluding hydrogens is 396 g/mol. The second-order valence-electron chi connectivity index (χ2n) is 7.97. The van der Waals surface area contributed by atoms with Gasteiger partial charge < -0.3 is 32.2 Å². The molecule has 3 rings (SSSR count). The summed E-state index contributed by atoms with van der Waals surface area (Å²) in [5.41, 5.74) is 9.62. The summed E-state index contributed by atoms with van der Waals surface area (Å²) in [5.74, 6) is 10.8. The van der Waals surface area contributed by atoms with Crippen LogP contribution in [-0.2, 0) is 11.8 Å². The van der Waals surface area contributed by atoms with E-state index in [4.69, 9.17) is 17.4 Å². The molecule has 2 amide bonds. The molecule has 10 nitrogen and oxygen atoms in total. The molecule has 1 saturated carbocycles. The molecule has 10 heteroatoms. The van der Waals surface area contributed by atoms with Gasteiger partial charge in [-0.05, 0) is 55.8 Å². The lowest BCUT2D eigenvalue weighted by atomic mass is 10.0. The normalized spacial score (nSPS) is 19.9. The molecule has 0 bridgehead atoms. The number of nitrogens with zero attached hydrogens (tertiary/aromatic N) is 2. The van der Waals surface area contributed by atoms with Crippen LogP contribution in [0.5, 0.6) is 0 Å². The number of hydrogen-bond acceptors (Lipinski definition) is 6. The number of aromatic nitrogens is 1. The van der Waals surface area contributed by atoms with Crippen LogP contribution in [0, 0.1) is 5.92 Å². The summed E-state index contributed by atoms with van der Waals surface area (Å²) >= 11 is 0. The van der Waals surface area contributed by atoms with Gasteiger partial charge in [0.1, 0.15) is 11.9 Å². The number of amidine groups is 1. The standard InChI is InChI=1S/C21H32N8O2/c1-29-11-9-13-7-8-14(12-18(13)29)20(30)26-17(6-3-10-22)21(31)25-16-5-2-4-15(16)19(27-23)28-24/h7-9,11-12,15-17H,2-6,10,22-24H2,1H3,(H,25,31)(H,26,30)(H,27,28). The van der Waals surface area contributed by atoms with Crippen molar-refractivity contribution in [2.75, 3.05) is 6.54 Å². The maximum Gasteiger partial charge on any atom is 0.252 e. The summed E-state index contributed by atoms with van der Waals surface area (Å²) in [7, 11) is 1.93. The molecule has 0 radical (unpaired) electrons. The molecule has 168 valence electrons. The van der Waals surface area contributed by atoms with Crippen LogP contribution in [-0.4, -0.2) is 40.8 Å². The molecule has 9 N–H and O–H groups in total. The third kappa shape index (κ3) is 5.15. The number of hydrazone groups is 1. The molecule has 31 heavy (non-hydrogen) atoms. The molecule has 1 aliphatic carbocycles. The molecule has 1 aliphatic rings. The third-order valence-electron chi connectivity index (χ3n) is 5.95. The monoisotopic (exact) mass is 428 g/mol. The number of nitrogens with one attached hydrogen (secondary N) is 3. The Bertz CT molecular complexity index is 954. The van der Waals surface area contributed by atoms with E-state index in [0.717, 1.165) is 30.2 Å². The molecule has 0 spiro atoms. The maximum atomic E-state index is 13.0. The van der Waals surface area contributed by atoms with Gasteiger partial charge in [-0.15, -0.1) is 0 Å². The average molecular weight is 429 g/mol. The van der Waals surface area contributed by atoms with Gasteiger partial charge in [-0.1, -0.05) is 12.5 Å². The molecule has 1 aromatic heterocycles. The van der Waals surface area contributed by atoms with Crippen LogP contribution in [0.2, 0.25) is 0 Å². The van der Waals surface area contributed by atoms with Crippen LogP contribution in [0.1, 0.15) is 42.5 Å². The van der Waals surface area contributed by atoms with E-state index >= 15 is 0 Å². The topological polar surface area (TPSA) is 166 Å². The Morgan fingerprint density at radius 2 is 2.10 bits per heavy atom. The van der Waals surface area contributed by atoms with Gasteiger partial charge in [0.2, 0.25) is 5.91 Å². The predicted octanol–water partition coefficient (Wildman–Crippen LogP) is 0.0360. The van der Waals surface area contributed by atoms with E-state index in [1.807, 2.05) is 36.0 Å². The number of carbonyl (C=O) groups excluding carboxylic acids is 2. The van der Waals surface area contributed by atoms with Gasteiger partial charge in [-0.2, -0.15) is 5.10 Å². The largest absolute Gasteiger partial charge is 0.351 e. The molecule has 2 aromatic rings. The first-order valence-corrected chi connectivity index (χ1v) is 10.6. The van der Waals surface area contributed by atoms with Gasteiger partial charge in [-0.3, -0.25) is 9.59 Å². The molecule has 1 heterocycles. The van der Waals surface area contributed by atoms with Gasteiger partial charge in [0.05, 0.1) is 0 Å². The predicted molar refractivity (Wildman–Crippen MR) is 121 cm³/mol. The summed E-state index contributed by atoms with van der Waals surface area (Å²) in [4.78, 5) is 26.0. The number of fused-ring (bicyclic) bond motifs is 1. The molecule has 3 atom stereocenters. The zero-order valence-corrected chi connectivity index (χ0v) is 17.8. The Balaban J connectivity index is 1.71. The van der Waals surface area contributed by atoms with Crippen molar-refractivity contribution in [1.29, 1.82) is 0 Å². The summed E-state index contributed by atoms with van der Waals surface area (Å²) < 4.78 is 1.95. The number of aryl methyl sites for hydroxylation is 1. The number of hydrazine groups is 1. The fourth-order valence-corrected chi connectivity index (χ4v) is 4.22. The van der Waals surface area contributed by atoms with E-state index < -0.39 is 6.04 Å². The molecule has 1 aromatic carbocycles. The average Bonchev–Trinajstić information content (AvgIpc) is 3.38. The summed E-state index contributed by atoms with van der Waals surface area (Å²) in [6.45, 7) is 0.433. The number of rotatable bonds is 8. The van der Waals surface area contributed by atoms with Gasteiger partial charge in [0.25, 0.3) is 5.91 Å².